The van der Waals surface area contributed by atoms with E-state index in [1.54, 1.807) is 52.0 Å². The van der Waals surface area contributed by atoms with Crippen LogP contribution >= 0.6 is 0 Å². The van der Waals surface area contributed by atoms with Gasteiger partial charge in [0.1, 0.15) is 18.0 Å². The van der Waals surface area contributed by atoms with Crippen LogP contribution in [0.3, 0.4) is 0 Å². The average molecular weight is 695 g/mol. The highest BCUT2D eigenvalue weighted by Crippen LogP contribution is 2.37. The molecule has 0 saturated carbocycles. The van der Waals surface area contributed by atoms with Gasteiger partial charge >= 0.3 is 5.97 Å². The zero-order valence-electron chi connectivity index (χ0n) is 29.3. The topological polar surface area (TPSA) is 192 Å². The summed E-state index contributed by atoms with van der Waals surface area (Å²) in [4.78, 5) is 25.4. The lowest BCUT2D eigenvalue weighted by molar-refractivity contribution is -0.307. The number of ether oxygens (including phenoxy) is 4. The van der Waals surface area contributed by atoms with Gasteiger partial charge in [0, 0.05) is 50.9 Å². The standard InChI is InChI=1S/C37H58O12/c1-5-29-31(41)18-26(38)15-13-16-27(39)21-37(45)22-33(43)24(3)34(49-37)19-28(48-36-32(42)20-30(40)25(4)47-36)17-12-10-8-6-7-9-11-14-23(2)46-35(29)44/h6-12,17,23-25,27-34,36,39-43,45H,5,13-16,18-22H2,1-4H3/b7-6+,10-8+,11-9+,17-12+/t23?,24?,25-,27?,28?,29?,30?,31?,32+,33?,34?,36?,37?/m1/s1. The first kappa shape index (κ1) is 41.2. The van der Waals surface area contributed by atoms with Gasteiger partial charge < -0.3 is 49.6 Å². The van der Waals surface area contributed by atoms with E-state index in [1.807, 2.05) is 24.3 Å². The second-order valence-corrected chi connectivity index (χ2v) is 13.9. The smallest absolute Gasteiger partial charge is 0.311 e. The Bertz CT molecular complexity index is 1150. The summed E-state index contributed by atoms with van der Waals surface area (Å²) >= 11 is 0. The maximum atomic E-state index is 12.7. The molecule has 278 valence electrons. The van der Waals surface area contributed by atoms with E-state index in [0.717, 1.165) is 0 Å². The van der Waals surface area contributed by atoms with Crippen molar-refractivity contribution in [2.45, 2.75) is 159 Å². The summed E-state index contributed by atoms with van der Waals surface area (Å²) in [6, 6.07) is 0. The summed E-state index contributed by atoms with van der Waals surface area (Å²) in [5.74, 6) is -3.89. The predicted molar refractivity (Wildman–Crippen MR) is 181 cm³/mol. The minimum atomic E-state index is -1.85. The Balaban J connectivity index is 1.81. The van der Waals surface area contributed by atoms with E-state index in [0.29, 0.717) is 12.8 Å². The van der Waals surface area contributed by atoms with E-state index < -0.39 is 84.8 Å². The van der Waals surface area contributed by atoms with Crippen LogP contribution in [0.25, 0.3) is 0 Å². The monoisotopic (exact) mass is 694 g/mol. The van der Waals surface area contributed by atoms with Crippen LogP contribution in [0.4, 0.5) is 0 Å². The fraction of sp³-hybridized carbons (Fsp3) is 0.730. The van der Waals surface area contributed by atoms with Crippen molar-refractivity contribution in [3.8, 4) is 0 Å². The Kier molecular flexibility index (Phi) is 16.8. The van der Waals surface area contributed by atoms with Gasteiger partial charge in [-0.25, -0.2) is 0 Å². The van der Waals surface area contributed by atoms with Gasteiger partial charge in [-0.3, -0.25) is 9.59 Å². The number of esters is 1. The van der Waals surface area contributed by atoms with Crippen molar-refractivity contribution in [2.24, 2.45) is 11.8 Å². The highest BCUT2D eigenvalue weighted by Gasteiger charge is 2.46. The zero-order valence-corrected chi connectivity index (χ0v) is 29.3. The van der Waals surface area contributed by atoms with Gasteiger partial charge in [0.25, 0.3) is 0 Å². The molecule has 3 rings (SSSR count). The number of aliphatic hydroxyl groups is 6. The van der Waals surface area contributed by atoms with Crippen molar-refractivity contribution in [3.05, 3.63) is 48.6 Å². The molecule has 11 unspecified atom stereocenters. The average Bonchev–Trinajstić information content (AvgIpc) is 3.01. The number of carbonyl (C=O) groups excluding carboxylic acids is 2. The lowest BCUT2D eigenvalue weighted by Crippen LogP contribution is -2.53. The van der Waals surface area contributed by atoms with Gasteiger partial charge in [-0.2, -0.15) is 0 Å². The molecule has 2 saturated heterocycles. The van der Waals surface area contributed by atoms with Gasteiger partial charge in [-0.05, 0) is 33.1 Å². The van der Waals surface area contributed by atoms with Crippen LogP contribution in [-0.2, 0) is 28.5 Å². The quantitative estimate of drug-likeness (QED) is 0.237. The Morgan fingerprint density at radius 1 is 0.878 bits per heavy atom. The first-order valence-corrected chi connectivity index (χ1v) is 17.7. The molecule has 0 aliphatic carbocycles. The van der Waals surface area contributed by atoms with Crippen LogP contribution in [0.15, 0.2) is 48.6 Å². The molecular weight excluding hydrogens is 636 g/mol. The molecule has 0 aromatic rings. The normalized spacial score (nSPS) is 44.0. The van der Waals surface area contributed by atoms with Crippen molar-refractivity contribution in [2.75, 3.05) is 0 Å². The molecule has 3 aliphatic heterocycles. The van der Waals surface area contributed by atoms with Gasteiger partial charge in [0.15, 0.2) is 12.1 Å². The highest BCUT2D eigenvalue weighted by molar-refractivity contribution is 5.80. The van der Waals surface area contributed by atoms with E-state index in [1.165, 1.54) is 0 Å². The number of cyclic esters (lactones) is 1. The molecular formula is C37H58O12. The second-order valence-electron chi connectivity index (χ2n) is 13.9. The fourth-order valence-corrected chi connectivity index (χ4v) is 6.44. The highest BCUT2D eigenvalue weighted by atomic mass is 16.7. The van der Waals surface area contributed by atoms with E-state index in [4.69, 9.17) is 18.9 Å². The number of carbonyl (C=O) groups is 2. The Hall–Kier alpha value is -2.26. The van der Waals surface area contributed by atoms with Crippen LogP contribution in [-0.4, -0.2) is 109 Å². The summed E-state index contributed by atoms with van der Waals surface area (Å²) in [5.41, 5.74) is 0. The number of Topliss-reactive ketones (excluding diaryl/α,β-unsaturated/α-hetero) is 1. The fourth-order valence-electron chi connectivity index (χ4n) is 6.44. The van der Waals surface area contributed by atoms with Crippen molar-refractivity contribution in [3.63, 3.8) is 0 Å². The van der Waals surface area contributed by atoms with Crippen LogP contribution < -0.4 is 0 Å². The summed E-state index contributed by atoms with van der Waals surface area (Å²) in [7, 11) is 0. The van der Waals surface area contributed by atoms with Crippen LogP contribution in [0.2, 0.25) is 0 Å². The third kappa shape index (κ3) is 13.4. The maximum Gasteiger partial charge on any atom is 0.311 e. The summed E-state index contributed by atoms with van der Waals surface area (Å²) in [5, 5.41) is 64.5. The van der Waals surface area contributed by atoms with E-state index >= 15 is 0 Å². The van der Waals surface area contributed by atoms with E-state index in [-0.39, 0.29) is 57.1 Å². The van der Waals surface area contributed by atoms with Crippen LogP contribution in [0, 0.1) is 11.8 Å². The molecule has 13 atom stereocenters. The SMILES string of the molecule is CCC1C(=O)OC(C)C/C=C/C=C/C=C/C=C/C(OC2O[C@H](C)C(O)C[C@@H]2O)CC2OC(O)(CC(O)CCCC(=O)CC1O)CC(O)C2C. The molecule has 0 amide bonds. The molecule has 0 spiro atoms. The summed E-state index contributed by atoms with van der Waals surface area (Å²) in [6.45, 7) is 7.01. The number of ketones is 1. The molecule has 2 bridgehead atoms. The van der Waals surface area contributed by atoms with Gasteiger partial charge in [0.05, 0.1) is 48.6 Å². The van der Waals surface area contributed by atoms with E-state index in [2.05, 4.69) is 0 Å². The minimum Gasteiger partial charge on any atom is -0.462 e. The number of rotatable bonds is 3. The Labute approximate surface area is 290 Å². The largest absolute Gasteiger partial charge is 0.462 e. The number of fused-ring (bicyclic) bond motifs is 2. The molecule has 0 aromatic carbocycles. The third-order valence-electron chi connectivity index (χ3n) is 9.55. The van der Waals surface area contributed by atoms with E-state index in [9.17, 15) is 40.2 Å². The molecule has 2 fully saturated rings. The molecule has 49 heavy (non-hydrogen) atoms. The molecule has 0 aromatic heterocycles. The first-order chi connectivity index (χ1) is 23.2. The lowest BCUT2D eigenvalue weighted by Gasteiger charge is -2.45. The number of aliphatic hydroxyl groups excluding tert-OH is 5. The predicted octanol–water partition coefficient (Wildman–Crippen LogP) is 2.92. The van der Waals surface area contributed by atoms with Crippen molar-refractivity contribution < 1.29 is 59.2 Å². The molecule has 12 nitrogen and oxygen atoms in total. The van der Waals surface area contributed by atoms with Crippen LogP contribution in [0.1, 0.15) is 91.9 Å². The van der Waals surface area contributed by atoms with Crippen LogP contribution in [0.5, 0.6) is 0 Å². The van der Waals surface area contributed by atoms with Gasteiger partial charge in [-0.15, -0.1) is 0 Å². The van der Waals surface area contributed by atoms with Crippen molar-refractivity contribution >= 4 is 11.8 Å². The molecule has 0 radical (unpaired) electrons. The molecule has 3 heterocycles. The van der Waals surface area contributed by atoms with Crippen molar-refractivity contribution in [1.82, 2.24) is 0 Å². The minimum absolute atomic E-state index is 0.0699. The van der Waals surface area contributed by atoms with Crippen molar-refractivity contribution in [1.29, 1.82) is 0 Å². The maximum absolute atomic E-state index is 12.7. The van der Waals surface area contributed by atoms with Gasteiger partial charge in [0.2, 0.25) is 0 Å². The first-order valence-electron chi connectivity index (χ1n) is 17.7. The molecule has 12 heteroatoms. The molecule has 6 N–H and O–H groups in total. The second kappa shape index (κ2) is 20.0. The number of allylic oxidation sites excluding steroid dienone is 6. The zero-order chi connectivity index (χ0) is 36.1. The Morgan fingerprint density at radius 3 is 2.29 bits per heavy atom. The van der Waals surface area contributed by atoms with Gasteiger partial charge in [-0.1, -0.05) is 62.5 Å². The summed E-state index contributed by atoms with van der Waals surface area (Å²) < 4.78 is 23.6. The Morgan fingerprint density at radius 2 is 1.57 bits per heavy atom. The lowest BCUT2D eigenvalue weighted by atomic mass is 9.84. The summed E-state index contributed by atoms with van der Waals surface area (Å²) in [6.07, 6.45) is 6.98. The number of hydrogen-bond acceptors (Lipinski definition) is 12. The molecule has 3 aliphatic rings. The third-order valence-corrected chi connectivity index (χ3v) is 9.55. The number of hydrogen-bond donors (Lipinski definition) is 6.